The molecule has 0 bridgehead atoms. The molecule has 0 saturated carbocycles. The van der Waals surface area contributed by atoms with Crippen molar-refractivity contribution in [2.24, 2.45) is 17.8 Å². The molecule has 3 heterocycles. The monoisotopic (exact) mass is 683 g/mol. The highest BCUT2D eigenvalue weighted by Crippen LogP contribution is 2.58. The summed E-state index contributed by atoms with van der Waals surface area (Å²) in [5.74, 6) is 3.31. The summed E-state index contributed by atoms with van der Waals surface area (Å²) in [5, 5.41) is 5.43. The van der Waals surface area contributed by atoms with Crippen LogP contribution in [0.3, 0.4) is 0 Å². The molecular formula is C46H41NOSSi. The van der Waals surface area contributed by atoms with Gasteiger partial charge in [0.2, 0.25) is 0 Å². The van der Waals surface area contributed by atoms with Gasteiger partial charge in [0.1, 0.15) is 11.9 Å². The molecule has 8 atom stereocenters. The SMILES string of the molecule is C1=CC2OC3=C4C(CCC3C2C=C1)[SiH2]C1C=CC(N(C2=CCC(c3ccc5ccccc5c3)C=C2)C2C=c3c(sc5ccccc35)=CC2)=CC41. The number of allylic oxidation sites excluding steroid dienone is 10. The van der Waals surface area contributed by atoms with Crippen LogP contribution >= 0.6 is 11.3 Å². The maximum atomic E-state index is 6.88. The molecular weight excluding hydrogens is 643 g/mol. The van der Waals surface area contributed by atoms with E-state index in [0.717, 1.165) is 18.4 Å². The van der Waals surface area contributed by atoms with Gasteiger partial charge in [-0.05, 0) is 88.2 Å². The van der Waals surface area contributed by atoms with Crippen molar-refractivity contribution in [1.82, 2.24) is 4.90 Å². The van der Waals surface area contributed by atoms with Gasteiger partial charge in [0.25, 0.3) is 0 Å². The minimum atomic E-state index is -0.276. The Hall–Kier alpha value is -4.38. The minimum absolute atomic E-state index is 0.223. The predicted octanol–water partition coefficient (Wildman–Crippen LogP) is 8.95. The maximum Gasteiger partial charge on any atom is 0.124 e. The molecule has 4 aromatic rings. The van der Waals surface area contributed by atoms with E-state index in [1.54, 1.807) is 5.57 Å². The quantitative estimate of drug-likeness (QED) is 0.199. The van der Waals surface area contributed by atoms with Crippen molar-refractivity contribution >= 4 is 53.9 Å². The van der Waals surface area contributed by atoms with E-state index in [1.807, 2.05) is 11.3 Å². The summed E-state index contributed by atoms with van der Waals surface area (Å²) in [6.07, 6.45) is 34.3. The molecule has 11 rings (SSSR count). The predicted molar refractivity (Wildman–Crippen MR) is 212 cm³/mol. The van der Waals surface area contributed by atoms with Crippen LogP contribution in [-0.2, 0) is 4.74 Å². The van der Waals surface area contributed by atoms with Crippen LogP contribution in [-0.4, -0.2) is 26.6 Å². The highest BCUT2D eigenvalue weighted by molar-refractivity contribution is 7.17. The Balaban J connectivity index is 0.988. The van der Waals surface area contributed by atoms with Gasteiger partial charge in [0.15, 0.2) is 0 Å². The van der Waals surface area contributed by atoms with Gasteiger partial charge in [-0.25, -0.2) is 0 Å². The van der Waals surface area contributed by atoms with Crippen LogP contribution in [0.4, 0.5) is 0 Å². The number of benzene rings is 3. The second-order valence-electron chi connectivity index (χ2n) is 15.4. The Morgan fingerprint density at radius 1 is 0.780 bits per heavy atom. The number of nitrogens with zero attached hydrogens (tertiary/aromatic N) is 1. The van der Waals surface area contributed by atoms with E-state index in [2.05, 4.69) is 145 Å². The second kappa shape index (κ2) is 11.6. The van der Waals surface area contributed by atoms with Gasteiger partial charge in [-0.1, -0.05) is 115 Å². The number of thiophene rings is 1. The van der Waals surface area contributed by atoms with Crippen molar-refractivity contribution in [3.63, 3.8) is 0 Å². The first-order valence-electron chi connectivity index (χ1n) is 18.8. The lowest BCUT2D eigenvalue weighted by atomic mass is 9.75. The third kappa shape index (κ3) is 4.64. The highest BCUT2D eigenvalue weighted by atomic mass is 32.1. The van der Waals surface area contributed by atoms with Gasteiger partial charge in [-0.3, -0.25) is 0 Å². The van der Waals surface area contributed by atoms with Crippen LogP contribution in [0.5, 0.6) is 0 Å². The van der Waals surface area contributed by atoms with Gasteiger partial charge < -0.3 is 9.64 Å². The first kappa shape index (κ1) is 29.4. The molecule has 0 amide bonds. The third-order valence-corrected chi connectivity index (χ3v) is 16.6. The summed E-state index contributed by atoms with van der Waals surface area (Å²) in [6.45, 7) is 0. The van der Waals surface area contributed by atoms with Gasteiger partial charge in [0.05, 0.1) is 6.04 Å². The Morgan fingerprint density at radius 2 is 1.66 bits per heavy atom. The second-order valence-corrected chi connectivity index (χ2v) is 18.8. The zero-order valence-electron chi connectivity index (χ0n) is 28.2. The van der Waals surface area contributed by atoms with E-state index < -0.39 is 0 Å². The molecule has 2 aliphatic heterocycles. The number of rotatable bonds is 4. The Labute approximate surface area is 300 Å². The first-order chi connectivity index (χ1) is 24.7. The van der Waals surface area contributed by atoms with Gasteiger partial charge in [-0.2, -0.15) is 0 Å². The molecule has 2 nitrogen and oxygen atoms in total. The van der Waals surface area contributed by atoms with Crippen molar-refractivity contribution < 1.29 is 4.74 Å². The zero-order chi connectivity index (χ0) is 32.8. The van der Waals surface area contributed by atoms with E-state index in [-0.39, 0.29) is 21.7 Å². The Kier molecular flexibility index (Phi) is 6.80. The topological polar surface area (TPSA) is 12.5 Å². The van der Waals surface area contributed by atoms with E-state index >= 15 is 0 Å². The lowest BCUT2D eigenvalue weighted by Crippen LogP contribution is -2.38. The average Bonchev–Trinajstić information content (AvgIpc) is 3.86. The molecule has 246 valence electrons. The van der Waals surface area contributed by atoms with Crippen molar-refractivity contribution in [3.05, 3.63) is 166 Å². The van der Waals surface area contributed by atoms with E-state index in [9.17, 15) is 0 Å². The number of fused-ring (bicyclic) bond motifs is 10. The molecule has 0 radical (unpaired) electrons. The largest absolute Gasteiger partial charge is 0.490 e. The van der Waals surface area contributed by atoms with Crippen LogP contribution in [0.25, 0.3) is 33.0 Å². The molecule has 5 aliphatic carbocycles. The molecule has 7 aliphatic rings. The third-order valence-electron chi connectivity index (χ3n) is 12.7. The van der Waals surface area contributed by atoms with Crippen molar-refractivity contribution in [2.75, 3.05) is 0 Å². The molecule has 2 fully saturated rings. The fraction of sp³-hybridized carbons (Fsp3) is 0.261. The summed E-state index contributed by atoms with van der Waals surface area (Å²) in [5.41, 5.74) is 7.26. The lowest BCUT2D eigenvalue weighted by Gasteiger charge is -2.38. The molecule has 0 N–H and O–H groups in total. The molecule has 2 saturated heterocycles. The van der Waals surface area contributed by atoms with E-state index in [4.69, 9.17) is 4.74 Å². The summed E-state index contributed by atoms with van der Waals surface area (Å²) in [6, 6.07) is 24.9. The van der Waals surface area contributed by atoms with Crippen LogP contribution in [0.1, 0.15) is 37.2 Å². The van der Waals surface area contributed by atoms with Gasteiger partial charge in [0, 0.05) is 59.2 Å². The van der Waals surface area contributed by atoms with Gasteiger partial charge in [-0.15, -0.1) is 11.3 Å². The standard InChI is InChI=1S/C46H41NOSSi/c1-2-8-30-25-31(14-13-28(30)7-1)29-15-17-32(18-16-29)47(33-19-22-42-38(26-33)36-10-4-6-12-41(36)49-42)34-20-23-43-39(27-34)45-44(50-43)24-21-37-35-9-3-5-11-40(35)48-46(37)45/h1-15,17-18,20,22-23,25-27,29,33,35,37,39-40,43-44H,16,19,21,24,50H2. The van der Waals surface area contributed by atoms with Crippen LogP contribution in [0, 0.1) is 17.8 Å². The summed E-state index contributed by atoms with van der Waals surface area (Å²) >= 11 is 1.94. The van der Waals surface area contributed by atoms with E-state index in [1.165, 1.54) is 66.2 Å². The van der Waals surface area contributed by atoms with Gasteiger partial charge >= 0.3 is 0 Å². The fourth-order valence-electron chi connectivity index (χ4n) is 10.3. The van der Waals surface area contributed by atoms with E-state index in [0.29, 0.717) is 29.2 Å². The lowest BCUT2D eigenvalue weighted by molar-refractivity contribution is 0.179. The molecule has 50 heavy (non-hydrogen) atoms. The number of hydrogen-bond acceptors (Lipinski definition) is 3. The molecule has 3 aromatic carbocycles. The summed E-state index contributed by atoms with van der Waals surface area (Å²) < 4.78 is 9.69. The number of hydrogen-bond donors (Lipinski definition) is 0. The number of ether oxygens (including phenoxy) is 1. The minimum Gasteiger partial charge on any atom is -0.490 e. The van der Waals surface area contributed by atoms with Crippen LogP contribution in [0.2, 0.25) is 11.1 Å². The van der Waals surface area contributed by atoms with Crippen LogP contribution in [0.15, 0.2) is 150 Å². The summed E-state index contributed by atoms with van der Waals surface area (Å²) in [7, 11) is -0.276. The van der Waals surface area contributed by atoms with Crippen molar-refractivity contribution in [2.45, 2.75) is 54.8 Å². The fourth-order valence-corrected chi connectivity index (χ4v) is 14.3. The first-order valence-corrected chi connectivity index (χ1v) is 21.2. The Bertz CT molecular complexity index is 2420. The molecule has 8 unspecified atom stereocenters. The van der Waals surface area contributed by atoms with Crippen LogP contribution < -0.4 is 9.75 Å². The maximum absolute atomic E-state index is 6.88. The van der Waals surface area contributed by atoms with Crippen molar-refractivity contribution in [1.29, 1.82) is 0 Å². The Morgan fingerprint density at radius 3 is 2.60 bits per heavy atom. The van der Waals surface area contributed by atoms with Crippen molar-refractivity contribution in [3.8, 4) is 0 Å². The normalized spacial score (nSPS) is 32.0. The summed E-state index contributed by atoms with van der Waals surface area (Å²) in [4.78, 5) is 2.69. The zero-order valence-corrected chi connectivity index (χ0v) is 30.4. The average molecular weight is 684 g/mol. The molecule has 1 aromatic heterocycles. The smallest absolute Gasteiger partial charge is 0.124 e. The highest BCUT2D eigenvalue weighted by Gasteiger charge is 2.50. The molecule has 0 spiro atoms. The molecule has 4 heteroatoms.